The summed E-state index contributed by atoms with van der Waals surface area (Å²) < 4.78 is 28.3. The van der Waals surface area contributed by atoms with Crippen LogP contribution in [-0.2, 0) is 14.6 Å². The maximum atomic E-state index is 11.4. The number of aliphatic hydroxyl groups excluding tert-OH is 1. The highest BCUT2D eigenvalue weighted by Crippen LogP contribution is 2.31. The van der Waals surface area contributed by atoms with Crippen LogP contribution >= 0.6 is 23.2 Å². The summed E-state index contributed by atoms with van der Waals surface area (Å²) in [6.07, 6.45) is 0.612. The number of hydrogen-bond acceptors (Lipinski definition) is 5. The van der Waals surface area contributed by atoms with Crippen molar-refractivity contribution in [2.75, 3.05) is 12.9 Å². The van der Waals surface area contributed by atoms with Crippen molar-refractivity contribution in [1.82, 2.24) is 0 Å². The van der Waals surface area contributed by atoms with E-state index in [1.807, 2.05) is 0 Å². The van der Waals surface area contributed by atoms with Gasteiger partial charge in [0.05, 0.1) is 11.5 Å². The Hall–Kier alpha value is -0.820. The SMILES string of the molecule is CS(=O)(=O)c1ccc([C@H]2OC(C(Cl)Cl)=N[C@H]2CO)cc1. The summed E-state index contributed by atoms with van der Waals surface area (Å²) >= 11 is 11.4. The molecule has 1 aliphatic rings. The number of hydrogen-bond donors (Lipinski definition) is 1. The van der Waals surface area contributed by atoms with Crippen LogP contribution in [0, 0.1) is 0 Å². The highest BCUT2D eigenvalue weighted by atomic mass is 35.5. The fraction of sp³-hybridized carbons (Fsp3) is 0.417. The Bertz CT molecular complexity index is 613. The van der Waals surface area contributed by atoms with Gasteiger partial charge in [0, 0.05) is 6.26 Å². The van der Waals surface area contributed by atoms with Gasteiger partial charge in [-0.15, -0.1) is 0 Å². The van der Waals surface area contributed by atoms with Crippen LogP contribution in [0.3, 0.4) is 0 Å². The van der Waals surface area contributed by atoms with Crippen molar-refractivity contribution in [3.05, 3.63) is 29.8 Å². The molecule has 0 unspecified atom stereocenters. The molecule has 0 fully saturated rings. The Labute approximate surface area is 127 Å². The van der Waals surface area contributed by atoms with Crippen molar-refractivity contribution in [3.8, 4) is 0 Å². The predicted octanol–water partition coefficient (Wildman–Crippen LogP) is 1.72. The number of halogens is 2. The first-order valence-electron chi connectivity index (χ1n) is 5.76. The fourth-order valence-electron chi connectivity index (χ4n) is 1.91. The lowest BCUT2D eigenvalue weighted by atomic mass is 10.0. The van der Waals surface area contributed by atoms with Crippen molar-refractivity contribution in [2.24, 2.45) is 4.99 Å². The van der Waals surface area contributed by atoms with E-state index in [0.717, 1.165) is 6.26 Å². The first-order valence-corrected chi connectivity index (χ1v) is 8.52. The van der Waals surface area contributed by atoms with Crippen LogP contribution in [0.4, 0.5) is 0 Å². The van der Waals surface area contributed by atoms with Crippen LogP contribution in [0.25, 0.3) is 0 Å². The van der Waals surface area contributed by atoms with E-state index < -0.39 is 26.8 Å². The van der Waals surface area contributed by atoms with E-state index in [-0.39, 0.29) is 17.4 Å². The first-order chi connectivity index (χ1) is 9.32. The van der Waals surface area contributed by atoms with Gasteiger partial charge < -0.3 is 9.84 Å². The molecular formula is C12H13Cl2NO4S. The van der Waals surface area contributed by atoms with E-state index >= 15 is 0 Å². The van der Waals surface area contributed by atoms with Crippen molar-refractivity contribution in [2.45, 2.75) is 21.9 Å². The predicted molar refractivity (Wildman–Crippen MR) is 77.2 cm³/mol. The van der Waals surface area contributed by atoms with E-state index in [1.165, 1.54) is 12.1 Å². The van der Waals surface area contributed by atoms with E-state index in [9.17, 15) is 13.5 Å². The normalized spacial score (nSPS) is 22.8. The third-order valence-electron chi connectivity index (χ3n) is 2.90. The second kappa shape index (κ2) is 5.89. The molecular weight excluding hydrogens is 325 g/mol. The number of sulfone groups is 1. The molecule has 2 rings (SSSR count). The maximum absolute atomic E-state index is 11.4. The maximum Gasteiger partial charge on any atom is 0.218 e. The Morgan fingerprint density at radius 3 is 2.40 bits per heavy atom. The minimum Gasteiger partial charge on any atom is -0.468 e. The van der Waals surface area contributed by atoms with Gasteiger partial charge in [0.25, 0.3) is 0 Å². The smallest absolute Gasteiger partial charge is 0.218 e. The molecule has 0 spiro atoms. The van der Waals surface area contributed by atoms with Gasteiger partial charge in [-0.2, -0.15) is 0 Å². The van der Waals surface area contributed by atoms with Gasteiger partial charge in [-0.25, -0.2) is 13.4 Å². The van der Waals surface area contributed by atoms with E-state index in [4.69, 9.17) is 27.9 Å². The monoisotopic (exact) mass is 337 g/mol. The largest absolute Gasteiger partial charge is 0.468 e. The number of rotatable bonds is 4. The third-order valence-corrected chi connectivity index (χ3v) is 4.40. The lowest BCUT2D eigenvalue weighted by Crippen LogP contribution is -2.18. The van der Waals surface area contributed by atoms with E-state index in [1.54, 1.807) is 12.1 Å². The number of benzene rings is 1. The molecule has 0 bridgehead atoms. The molecule has 8 heteroatoms. The van der Waals surface area contributed by atoms with Crippen molar-refractivity contribution in [3.63, 3.8) is 0 Å². The highest BCUT2D eigenvalue weighted by molar-refractivity contribution is 7.90. The zero-order valence-electron chi connectivity index (χ0n) is 10.5. The molecule has 0 saturated heterocycles. The zero-order valence-corrected chi connectivity index (χ0v) is 12.9. The minimum absolute atomic E-state index is 0.157. The van der Waals surface area contributed by atoms with Gasteiger partial charge in [0.1, 0.15) is 12.1 Å². The molecule has 1 aromatic carbocycles. The van der Waals surface area contributed by atoms with Gasteiger partial charge in [0.2, 0.25) is 5.90 Å². The lowest BCUT2D eigenvalue weighted by Gasteiger charge is -2.16. The molecule has 1 aromatic rings. The summed E-state index contributed by atoms with van der Waals surface area (Å²) in [6, 6.07) is 5.71. The first kappa shape index (κ1) is 15.6. The van der Waals surface area contributed by atoms with Gasteiger partial charge in [-0.3, -0.25) is 0 Å². The van der Waals surface area contributed by atoms with Gasteiger partial charge in [-0.05, 0) is 17.7 Å². The summed E-state index contributed by atoms with van der Waals surface area (Å²) in [6.45, 7) is -0.220. The Kier molecular flexibility index (Phi) is 4.59. The molecule has 0 saturated carbocycles. The van der Waals surface area contributed by atoms with Crippen LogP contribution in [0.1, 0.15) is 11.7 Å². The second-order valence-corrected chi connectivity index (χ2v) is 7.51. The van der Waals surface area contributed by atoms with Crippen LogP contribution < -0.4 is 0 Å². The number of ether oxygens (including phenoxy) is 1. The zero-order chi connectivity index (χ0) is 14.9. The van der Waals surface area contributed by atoms with Crippen LogP contribution in [0.5, 0.6) is 0 Å². The second-order valence-electron chi connectivity index (χ2n) is 4.40. The Morgan fingerprint density at radius 1 is 1.35 bits per heavy atom. The van der Waals surface area contributed by atoms with Crippen molar-refractivity contribution >= 4 is 38.9 Å². The van der Waals surface area contributed by atoms with E-state index in [2.05, 4.69) is 4.99 Å². The van der Waals surface area contributed by atoms with Crippen molar-refractivity contribution < 1.29 is 18.3 Å². The van der Waals surface area contributed by atoms with Crippen LogP contribution in [-0.4, -0.2) is 43.2 Å². The van der Waals surface area contributed by atoms with Gasteiger partial charge in [0.15, 0.2) is 14.7 Å². The number of aliphatic imine (C=N–C) groups is 1. The molecule has 2 atom stereocenters. The molecule has 1 N–H and O–H groups in total. The highest BCUT2D eigenvalue weighted by Gasteiger charge is 2.34. The number of alkyl halides is 2. The lowest BCUT2D eigenvalue weighted by molar-refractivity contribution is 0.150. The molecule has 110 valence electrons. The van der Waals surface area contributed by atoms with Gasteiger partial charge >= 0.3 is 0 Å². The van der Waals surface area contributed by atoms with Gasteiger partial charge in [-0.1, -0.05) is 35.3 Å². The Balaban J connectivity index is 2.25. The molecule has 1 heterocycles. The standard InChI is InChI=1S/C12H13Cl2NO4S/c1-20(17,18)8-4-2-7(3-5-8)10-9(6-16)15-12(19-10)11(13)14/h2-5,9-11,16H,6H2,1H3/t9-,10+/m0/s1. The van der Waals surface area contributed by atoms with Crippen LogP contribution in [0.2, 0.25) is 0 Å². The average molecular weight is 338 g/mol. The number of aliphatic hydroxyl groups is 1. The number of nitrogens with zero attached hydrogens (tertiary/aromatic N) is 1. The summed E-state index contributed by atoms with van der Waals surface area (Å²) in [5.74, 6) is 0.157. The molecule has 0 aromatic heterocycles. The summed E-state index contributed by atoms with van der Waals surface area (Å²) in [5.41, 5.74) is 0.698. The summed E-state index contributed by atoms with van der Waals surface area (Å²) in [5, 5.41) is 9.31. The summed E-state index contributed by atoms with van der Waals surface area (Å²) in [7, 11) is -3.25. The van der Waals surface area contributed by atoms with Crippen LogP contribution in [0.15, 0.2) is 34.2 Å². The molecule has 0 amide bonds. The minimum atomic E-state index is -3.25. The third kappa shape index (κ3) is 3.25. The molecule has 20 heavy (non-hydrogen) atoms. The topological polar surface area (TPSA) is 76.0 Å². The summed E-state index contributed by atoms with van der Waals surface area (Å²) in [4.78, 5) is 3.41. The average Bonchev–Trinajstić information content (AvgIpc) is 2.82. The Morgan fingerprint density at radius 2 is 1.95 bits per heavy atom. The molecule has 0 radical (unpaired) electrons. The molecule has 1 aliphatic heterocycles. The van der Waals surface area contributed by atoms with E-state index in [0.29, 0.717) is 5.56 Å². The van der Waals surface area contributed by atoms with Crippen molar-refractivity contribution in [1.29, 1.82) is 0 Å². The fourth-order valence-corrected chi connectivity index (χ4v) is 2.76. The molecule has 5 nitrogen and oxygen atoms in total. The quantitative estimate of drug-likeness (QED) is 0.849. The molecule has 0 aliphatic carbocycles.